The maximum atomic E-state index is 13.2. The van der Waals surface area contributed by atoms with Crippen LogP contribution in [0.1, 0.15) is 0 Å². The second kappa shape index (κ2) is 4.67. The minimum Gasteiger partial charge on any atom is -0.497 e. The lowest BCUT2D eigenvalue weighted by atomic mass is 10.3. The molecule has 72 valence electrons. The maximum Gasteiger partial charge on any atom is 0.149 e. The lowest BCUT2D eigenvalue weighted by Crippen LogP contribution is -2.13. The van der Waals surface area contributed by atoms with Gasteiger partial charge in [0.2, 0.25) is 0 Å². The van der Waals surface area contributed by atoms with Crippen molar-refractivity contribution in [2.75, 3.05) is 25.5 Å². The van der Waals surface area contributed by atoms with Gasteiger partial charge in [-0.2, -0.15) is 0 Å². The summed E-state index contributed by atoms with van der Waals surface area (Å²) in [6, 6.07) is 4.66. The molecule has 1 aromatic rings. The normalized spacial score (nSPS) is 9.77. The van der Waals surface area contributed by atoms with Crippen molar-refractivity contribution >= 4 is 5.69 Å². The van der Waals surface area contributed by atoms with E-state index in [0.717, 1.165) is 0 Å². The number of benzene rings is 1. The molecular weight excluding hydrogens is 171 g/mol. The molecule has 0 amide bonds. The minimum atomic E-state index is -0.326. The van der Waals surface area contributed by atoms with Gasteiger partial charge in [-0.1, -0.05) is 0 Å². The van der Waals surface area contributed by atoms with E-state index >= 15 is 0 Å². The fourth-order valence-electron chi connectivity index (χ4n) is 0.973. The molecule has 0 aliphatic rings. The average Bonchev–Trinajstić information content (AvgIpc) is 2.16. The molecule has 0 aliphatic heterocycles. The molecule has 13 heavy (non-hydrogen) atoms. The van der Waals surface area contributed by atoms with Gasteiger partial charge in [0, 0.05) is 19.2 Å². The van der Waals surface area contributed by atoms with Gasteiger partial charge in [0.05, 0.1) is 12.8 Å². The zero-order chi connectivity index (χ0) is 9.68. The number of nitrogens with two attached hydrogens (primary N) is 1. The lowest BCUT2D eigenvalue weighted by Gasteiger charge is -2.07. The summed E-state index contributed by atoms with van der Waals surface area (Å²) in [5.41, 5.74) is 5.72. The van der Waals surface area contributed by atoms with E-state index in [1.54, 1.807) is 12.1 Å². The van der Waals surface area contributed by atoms with Gasteiger partial charge in [-0.3, -0.25) is 0 Å². The number of halogens is 1. The molecule has 1 rings (SSSR count). The predicted octanol–water partition coefficient (Wildman–Crippen LogP) is 1.20. The smallest absolute Gasteiger partial charge is 0.149 e. The molecule has 0 heterocycles. The highest BCUT2D eigenvalue weighted by atomic mass is 19.1. The quantitative estimate of drug-likeness (QED) is 0.739. The Balaban J connectivity index is 2.73. The average molecular weight is 184 g/mol. The summed E-state index contributed by atoms with van der Waals surface area (Å²) in [5.74, 6) is 0.184. The van der Waals surface area contributed by atoms with Crippen molar-refractivity contribution < 1.29 is 9.13 Å². The monoisotopic (exact) mass is 184 g/mol. The number of rotatable bonds is 4. The molecule has 0 saturated heterocycles. The molecule has 0 spiro atoms. The molecule has 0 fully saturated rings. The minimum absolute atomic E-state index is 0.326. The highest BCUT2D eigenvalue weighted by Crippen LogP contribution is 2.19. The Morgan fingerprint density at radius 2 is 2.31 bits per heavy atom. The van der Waals surface area contributed by atoms with E-state index in [4.69, 9.17) is 10.5 Å². The van der Waals surface area contributed by atoms with Crippen LogP contribution < -0.4 is 15.8 Å². The molecular formula is C9H13FN2O. The number of methoxy groups -OCH3 is 1. The summed E-state index contributed by atoms with van der Waals surface area (Å²) in [5, 5.41) is 2.86. The molecule has 3 nitrogen and oxygen atoms in total. The summed E-state index contributed by atoms with van der Waals surface area (Å²) >= 11 is 0. The summed E-state index contributed by atoms with van der Waals surface area (Å²) < 4.78 is 18.0. The molecule has 0 aliphatic carbocycles. The van der Waals surface area contributed by atoms with Crippen LogP contribution in [0.5, 0.6) is 5.75 Å². The van der Waals surface area contributed by atoms with E-state index in [1.165, 1.54) is 13.2 Å². The van der Waals surface area contributed by atoms with E-state index in [1.807, 2.05) is 0 Å². The summed E-state index contributed by atoms with van der Waals surface area (Å²) in [6.45, 7) is 1.04. The van der Waals surface area contributed by atoms with E-state index in [9.17, 15) is 4.39 Å². The number of hydrogen-bond acceptors (Lipinski definition) is 3. The van der Waals surface area contributed by atoms with E-state index in [-0.39, 0.29) is 5.82 Å². The molecule has 0 aromatic heterocycles. The zero-order valence-electron chi connectivity index (χ0n) is 7.51. The first kappa shape index (κ1) is 9.80. The number of ether oxygens (including phenoxy) is 1. The van der Waals surface area contributed by atoms with Crippen LogP contribution in [0.2, 0.25) is 0 Å². The van der Waals surface area contributed by atoms with Crippen molar-refractivity contribution in [1.82, 2.24) is 0 Å². The second-order valence-corrected chi connectivity index (χ2v) is 2.56. The third kappa shape index (κ3) is 2.59. The SMILES string of the molecule is COc1ccc(NCCN)c(F)c1. The van der Waals surface area contributed by atoms with Gasteiger partial charge in [0.25, 0.3) is 0 Å². The van der Waals surface area contributed by atoms with Gasteiger partial charge in [-0.15, -0.1) is 0 Å². The Hall–Kier alpha value is -1.29. The Kier molecular flexibility index (Phi) is 3.52. The Morgan fingerprint density at radius 1 is 1.54 bits per heavy atom. The van der Waals surface area contributed by atoms with E-state index < -0.39 is 0 Å². The number of anilines is 1. The standard InChI is InChI=1S/C9H13FN2O/c1-13-7-2-3-9(8(10)6-7)12-5-4-11/h2-3,6,12H,4-5,11H2,1H3. The van der Waals surface area contributed by atoms with Gasteiger partial charge in [-0.05, 0) is 12.1 Å². The van der Waals surface area contributed by atoms with Crippen LogP contribution >= 0.6 is 0 Å². The van der Waals surface area contributed by atoms with Crippen molar-refractivity contribution in [2.24, 2.45) is 5.73 Å². The fourth-order valence-corrected chi connectivity index (χ4v) is 0.973. The van der Waals surface area contributed by atoms with Crippen molar-refractivity contribution in [3.8, 4) is 5.75 Å². The van der Waals surface area contributed by atoms with Crippen LogP contribution in [0.4, 0.5) is 10.1 Å². The number of nitrogens with one attached hydrogen (secondary N) is 1. The molecule has 0 atom stereocenters. The zero-order valence-corrected chi connectivity index (χ0v) is 7.51. The van der Waals surface area contributed by atoms with Crippen LogP contribution in [0.15, 0.2) is 18.2 Å². The first-order valence-corrected chi connectivity index (χ1v) is 4.05. The topological polar surface area (TPSA) is 47.3 Å². The van der Waals surface area contributed by atoms with Gasteiger partial charge >= 0.3 is 0 Å². The summed E-state index contributed by atoms with van der Waals surface area (Å²) in [6.07, 6.45) is 0. The highest BCUT2D eigenvalue weighted by Gasteiger charge is 2.01. The van der Waals surface area contributed by atoms with Gasteiger partial charge in [0.15, 0.2) is 0 Å². The molecule has 1 aromatic carbocycles. The Morgan fingerprint density at radius 3 is 2.85 bits per heavy atom. The van der Waals surface area contributed by atoms with Crippen molar-refractivity contribution in [1.29, 1.82) is 0 Å². The fraction of sp³-hybridized carbons (Fsp3) is 0.333. The first-order valence-electron chi connectivity index (χ1n) is 4.05. The Bertz CT molecular complexity index is 278. The maximum absolute atomic E-state index is 13.2. The lowest BCUT2D eigenvalue weighted by molar-refractivity contribution is 0.411. The molecule has 0 radical (unpaired) electrons. The van der Waals surface area contributed by atoms with Gasteiger partial charge in [0.1, 0.15) is 11.6 Å². The van der Waals surface area contributed by atoms with Crippen molar-refractivity contribution in [3.05, 3.63) is 24.0 Å². The third-order valence-electron chi connectivity index (χ3n) is 1.64. The van der Waals surface area contributed by atoms with Crippen LogP contribution in [0.3, 0.4) is 0 Å². The third-order valence-corrected chi connectivity index (χ3v) is 1.64. The van der Waals surface area contributed by atoms with Crippen LogP contribution in [0.25, 0.3) is 0 Å². The van der Waals surface area contributed by atoms with Crippen LogP contribution in [-0.2, 0) is 0 Å². The van der Waals surface area contributed by atoms with Crippen LogP contribution in [0, 0.1) is 5.82 Å². The summed E-state index contributed by atoms with van der Waals surface area (Å²) in [4.78, 5) is 0. The van der Waals surface area contributed by atoms with E-state index in [0.29, 0.717) is 24.5 Å². The summed E-state index contributed by atoms with van der Waals surface area (Å²) in [7, 11) is 1.50. The highest BCUT2D eigenvalue weighted by molar-refractivity contribution is 5.47. The molecule has 0 unspecified atom stereocenters. The van der Waals surface area contributed by atoms with Crippen LogP contribution in [-0.4, -0.2) is 20.2 Å². The largest absolute Gasteiger partial charge is 0.497 e. The predicted molar refractivity (Wildman–Crippen MR) is 50.5 cm³/mol. The molecule has 3 N–H and O–H groups in total. The van der Waals surface area contributed by atoms with Gasteiger partial charge < -0.3 is 15.8 Å². The van der Waals surface area contributed by atoms with Crippen molar-refractivity contribution in [3.63, 3.8) is 0 Å². The number of hydrogen-bond donors (Lipinski definition) is 2. The first-order chi connectivity index (χ1) is 6.27. The molecule has 0 saturated carbocycles. The second-order valence-electron chi connectivity index (χ2n) is 2.56. The molecule has 4 heteroatoms. The van der Waals surface area contributed by atoms with E-state index in [2.05, 4.69) is 5.32 Å². The molecule has 0 bridgehead atoms. The Labute approximate surface area is 76.7 Å². The van der Waals surface area contributed by atoms with Crippen molar-refractivity contribution in [2.45, 2.75) is 0 Å². The van der Waals surface area contributed by atoms with Gasteiger partial charge in [-0.25, -0.2) is 4.39 Å².